The molecule has 2 amide bonds. The van der Waals surface area contributed by atoms with E-state index in [1.54, 1.807) is 6.07 Å². The molecule has 6 nitrogen and oxygen atoms in total. The summed E-state index contributed by atoms with van der Waals surface area (Å²) in [5.74, 6) is 1.39. The van der Waals surface area contributed by atoms with Crippen molar-refractivity contribution in [2.24, 2.45) is 5.92 Å². The van der Waals surface area contributed by atoms with Gasteiger partial charge in [0.1, 0.15) is 5.76 Å². The van der Waals surface area contributed by atoms with Crippen LogP contribution in [-0.2, 0) is 0 Å². The van der Waals surface area contributed by atoms with Gasteiger partial charge < -0.3 is 15.2 Å². The molecule has 0 radical (unpaired) electrons. The minimum Gasteiger partial charge on any atom is -0.360 e. The number of carbonyl (C=O) groups is 2. The second-order valence-corrected chi connectivity index (χ2v) is 10.2. The molecule has 0 bridgehead atoms. The second-order valence-electron chi connectivity index (χ2n) is 10.2. The second kappa shape index (κ2) is 10.1. The fraction of sp³-hybridized carbons (Fsp3) is 0.593. The molecule has 2 N–H and O–H groups in total. The molecular weight excluding hydrogens is 414 g/mol. The lowest BCUT2D eigenvalue weighted by molar-refractivity contribution is 0.0902. The van der Waals surface area contributed by atoms with Crippen molar-refractivity contribution in [2.45, 2.75) is 95.1 Å². The van der Waals surface area contributed by atoms with Gasteiger partial charge in [0.2, 0.25) is 0 Å². The molecule has 3 saturated carbocycles. The van der Waals surface area contributed by atoms with Crippen LogP contribution >= 0.6 is 0 Å². The molecule has 33 heavy (non-hydrogen) atoms. The summed E-state index contributed by atoms with van der Waals surface area (Å²) >= 11 is 0. The fourth-order valence-electron chi connectivity index (χ4n) is 5.50. The van der Waals surface area contributed by atoms with Crippen molar-refractivity contribution in [2.75, 3.05) is 0 Å². The highest BCUT2D eigenvalue weighted by Crippen LogP contribution is 2.40. The van der Waals surface area contributed by atoms with Gasteiger partial charge in [0.25, 0.3) is 11.8 Å². The Morgan fingerprint density at radius 3 is 2.33 bits per heavy atom. The third kappa shape index (κ3) is 5.48. The number of amides is 2. The summed E-state index contributed by atoms with van der Waals surface area (Å²) in [5, 5.41) is 10.5. The molecule has 0 aliphatic heterocycles. The van der Waals surface area contributed by atoms with Crippen LogP contribution in [0.25, 0.3) is 0 Å². The molecule has 5 rings (SSSR count). The van der Waals surface area contributed by atoms with E-state index in [-0.39, 0.29) is 23.9 Å². The monoisotopic (exact) mass is 449 g/mol. The summed E-state index contributed by atoms with van der Waals surface area (Å²) in [5.41, 5.74) is 2.02. The predicted octanol–water partition coefficient (Wildman–Crippen LogP) is 5.67. The smallest absolute Gasteiger partial charge is 0.273 e. The Morgan fingerprint density at radius 2 is 1.61 bits per heavy atom. The average Bonchev–Trinajstić information content (AvgIpc) is 3.59. The first-order chi connectivity index (χ1) is 16.2. The van der Waals surface area contributed by atoms with Crippen molar-refractivity contribution < 1.29 is 14.1 Å². The van der Waals surface area contributed by atoms with Crippen LogP contribution in [0.2, 0.25) is 0 Å². The SMILES string of the molecule is O=C(NC1CCCCC1)c1cccc(C(NC(=O)c2cc(C3CC3)on2)C2CCCCC2)c1. The van der Waals surface area contributed by atoms with Crippen LogP contribution in [0.5, 0.6) is 0 Å². The van der Waals surface area contributed by atoms with Crippen LogP contribution < -0.4 is 10.6 Å². The molecule has 1 aromatic carbocycles. The van der Waals surface area contributed by atoms with Crippen LogP contribution in [0.1, 0.15) is 121 Å². The van der Waals surface area contributed by atoms with Crippen LogP contribution in [-0.4, -0.2) is 23.0 Å². The Morgan fingerprint density at radius 1 is 0.879 bits per heavy atom. The summed E-state index contributed by atoms with van der Waals surface area (Å²) in [6.45, 7) is 0. The Hall–Kier alpha value is -2.63. The predicted molar refractivity (Wildman–Crippen MR) is 126 cm³/mol. The largest absolute Gasteiger partial charge is 0.360 e. The Kier molecular flexibility index (Phi) is 6.79. The van der Waals surface area contributed by atoms with Gasteiger partial charge in [0.05, 0.1) is 6.04 Å². The van der Waals surface area contributed by atoms with Gasteiger partial charge in [-0.1, -0.05) is 55.8 Å². The molecule has 176 valence electrons. The third-order valence-corrected chi connectivity index (χ3v) is 7.60. The van der Waals surface area contributed by atoms with Crippen molar-refractivity contribution in [1.29, 1.82) is 0 Å². The lowest BCUT2D eigenvalue weighted by atomic mass is 9.80. The van der Waals surface area contributed by atoms with Gasteiger partial charge in [0, 0.05) is 23.6 Å². The Bertz CT molecular complexity index is 968. The first kappa shape index (κ1) is 22.2. The molecular formula is C27H35N3O3. The maximum atomic E-state index is 13.1. The molecule has 2 aromatic rings. The normalized spacial score (nSPS) is 20.8. The van der Waals surface area contributed by atoms with E-state index in [0.29, 0.717) is 23.1 Å². The number of carbonyl (C=O) groups excluding carboxylic acids is 2. The molecule has 3 aliphatic carbocycles. The summed E-state index contributed by atoms with van der Waals surface area (Å²) < 4.78 is 5.40. The number of hydrogen-bond acceptors (Lipinski definition) is 4. The first-order valence-corrected chi connectivity index (χ1v) is 12.9. The third-order valence-electron chi connectivity index (χ3n) is 7.60. The molecule has 0 saturated heterocycles. The van der Waals surface area contributed by atoms with Gasteiger partial charge >= 0.3 is 0 Å². The van der Waals surface area contributed by atoms with Crippen LogP contribution in [0.3, 0.4) is 0 Å². The minimum absolute atomic E-state index is 0.0111. The molecule has 1 unspecified atom stereocenters. The van der Waals surface area contributed by atoms with E-state index in [0.717, 1.165) is 49.8 Å². The summed E-state index contributed by atoms with van der Waals surface area (Å²) in [6.07, 6.45) is 13.7. The van der Waals surface area contributed by atoms with Crippen molar-refractivity contribution in [1.82, 2.24) is 15.8 Å². The highest BCUT2D eigenvalue weighted by Gasteiger charge is 2.31. The number of benzene rings is 1. The minimum atomic E-state index is -0.196. The van der Waals surface area contributed by atoms with E-state index in [9.17, 15) is 9.59 Å². The zero-order valence-corrected chi connectivity index (χ0v) is 19.4. The van der Waals surface area contributed by atoms with Crippen molar-refractivity contribution in [3.05, 3.63) is 52.9 Å². The molecule has 6 heteroatoms. The number of rotatable bonds is 7. The molecule has 0 spiro atoms. The molecule has 1 atom stereocenters. The lowest BCUT2D eigenvalue weighted by Gasteiger charge is -2.31. The van der Waals surface area contributed by atoms with Crippen LogP contribution in [0.4, 0.5) is 0 Å². The number of nitrogens with zero attached hydrogens (tertiary/aromatic N) is 1. The van der Waals surface area contributed by atoms with E-state index in [4.69, 9.17) is 4.52 Å². The maximum absolute atomic E-state index is 13.1. The van der Waals surface area contributed by atoms with Gasteiger partial charge in [-0.3, -0.25) is 9.59 Å². The van der Waals surface area contributed by atoms with E-state index in [1.165, 1.54) is 38.5 Å². The van der Waals surface area contributed by atoms with Gasteiger partial charge in [-0.05, 0) is 62.1 Å². The number of hydrogen-bond donors (Lipinski definition) is 2. The fourth-order valence-corrected chi connectivity index (χ4v) is 5.50. The number of nitrogens with one attached hydrogen (secondary N) is 2. The maximum Gasteiger partial charge on any atom is 0.273 e. The van der Waals surface area contributed by atoms with Gasteiger partial charge in [-0.25, -0.2) is 0 Å². The molecule has 1 heterocycles. The summed E-state index contributed by atoms with van der Waals surface area (Å²) in [6, 6.07) is 9.75. The number of aromatic nitrogens is 1. The van der Waals surface area contributed by atoms with Crippen LogP contribution in [0, 0.1) is 5.92 Å². The van der Waals surface area contributed by atoms with E-state index in [1.807, 2.05) is 24.3 Å². The first-order valence-electron chi connectivity index (χ1n) is 12.9. The average molecular weight is 450 g/mol. The molecule has 3 fully saturated rings. The zero-order valence-electron chi connectivity index (χ0n) is 19.4. The summed E-state index contributed by atoms with van der Waals surface area (Å²) in [7, 11) is 0. The van der Waals surface area contributed by atoms with Crippen molar-refractivity contribution in [3.63, 3.8) is 0 Å². The Labute approximate surface area is 195 Å². The topological polar surface area (TPSA) is 84.2 Å². The van der Waals surface area contributed by atoms with E-state index < -0.39 is 0 Å². The standard InChI is InChI=1S/C27H35N3O3/c31-26(28-22-12-5-2-6-13-22)21-11-7-10-20(16-21)25(19-8-3-1-4-9-19)29-27(32)23-17-24(33-30-23)18-14-15-18/h7,10-11,16-19,22,25H,1-6,8-9,12-15H2,(H,28,31)(H,29,32). The van der Waals surface area contributed by atoms with E-state index in [2.05, 4.69) is 15.8 Å². The molecule has 1 aromatic heterocycles. The van der Waals surface area contributed by atoms with E-state index >= 15 is 0 Å². The van der Waals surface area contributed by atoms with Crippen molar-refractivity contribution >= 4 is 11.8 Å². The van der Waals surface area contributed by atoms with Gasteiger partial charge in [-0.15, -0.1) is 0 Å². The highest BCUT2D eigenvalue weighted by molar-refractivity contribution is 5.95. The summed E-state index contributed by atoms with van der Waals surface area (Å²) in [4.78, 5) is 26.1. The highest BCUT2D eigenvalue weighted by atomic mass is 16.5. The van der Waals surface area contributed by atoms with Crippen molar-refractivity contribution in [3.8, 4) is 0 Å². The Balaban J connectivity index is 1.33. The zero-order chi connectivity index (χ0) is 22.6. The molecule has 3 aliphatic rings. The lowest BCUT2D eigenvalue weighted by Crippen LogP contribution is -2.37. The van der Waals surface area contributed by atoms with Gasteiger partial charge in [0.15, 0.2) is 5.69 Å². The van der Waals surface area contributed by atoms with Crippen LogP contribution in [0.15, 0.2) is 34.9 Å². The van der Waals surface area contributed by atoms with Gasteiger partial charge in [-0.2, -0.15) is 0 Å². The quantitative estimate of drug-likeness (QED) is 0.571.